The molecule has 1 heterocycles. The average molecular weight is 361 g/mol. The van der Waals surface area contributed by atoms with Crippen molar-refractivity contribution in [3.05, 3.63) is 59.7 Å². The van der Waals surface area contributed by atoms with Crippen molar-refractivity contribution in [1.29, 1.82) is 0 Å². The van der Waals surface area contributed by atoms with E-state index in [9.17, 15) is 18.4 Å². The topological polar surface area (TPSA) is 55.8 Å². The molecule has 0 aliphatic carbocycles. The maximum Gasteiger partial charge on any atom is 0.311 e. The predicted octanol–water partition coefficient (Wildman–Crippen LogP) is 3.07. The fourth-order valence-electron chi connectivity index (χ4n) is 2.84. The molecule has 0 aromatic heterocycles. The summed E-state index contributed by atoms with van der Waals surface area (Å²) in [5.74, 6) is -2.58. The van der Waals surface area contributed by atoms with Crippen LogP contribution in [0.5, 0.6) is 5.75 Å². The van der Waals surface area contributed by atoms with E-state index in [1.165, 1.54) is 42.3 Å². The van der Waals surface area contributed by atoms with E-state index in [4.69, 9.17) is 9.47 Å². The quantitative estimate of drug-likeness (QED) is 0.768. The number of anilines is 1. The molecule has 0 saturated carbocycles. The lowest BCUT2D eigenvalue weighted by Gasteiger charge is -2.17. The van der Waals surface area contributed by atoms with Gasteiger partial charge in [-0.1, -0.05) is 18.2 Å². The van der Waals surface area contributed by atoms with E-state index in [1.54, 1.807) is 12.1 Å². The van der Waals surface area contributed by atoms with E-state index in [1.807, 2.05) is 0 Å². The lowest BCUT2D eigenvalue weighted by Crippen LogP contribution is -2.27. The highest BCUT2D eigenvalue weighted by atomic mass is 19.1. The molecule has 1 fully saturated rings. The first-order valence-electron chi connectivity index (χ1n) is 8.03. The first-order chi connectivity index (χ1) is 12.5. The van der Waals surface area contributed by atoms with Crippen LogP contribution in [-0.2, 0) is 20.9 Å². The second kappa shape index (κ2) is 7.51. The van der Waals surface area contributed by atoms with Gasteiger partial charge >= 0.3 is 5.97 Å². The van der Waals surface area contributed by atoms with Crippen molar-refractivity contribution in [3.63, 3.8) is 0 Å². The minimum atomic E-state index is -0.690. The number of amides is 1. The number of para-hydroxylation sites is 1. The number of carbonyl (C=O) groups excluding carboxylic acids is 2. The molecule has 1 saturated heterocycles. The van der Waals surface area contributed by atoms with Crippen LogP contribution in [0.1, 0.15) is 12.0 Å². The minimum Gasteiger partial charge on any atom is -0.494 e. The van der Waals surface area contributed by atoms with E-state index >= 15 is 0 Å². The number of ether oxygens (including phenoxy) is 2. The van der Waals surface area contributed by atoms with Gasteiger partial charge in [0, 0.05) is 13.0 Å². The van der Waals surface area contributed by atoms with E-state index in [0.717, 1.165) is 0 Å². The average Bonchev–Trinajstić information content (AvgIpc) is 3.02. The number of esters is 1. The van der Waals surface area contributed by atoms with Gasteiger partial charge in [0.05, 0.1) is 18.7 Å². The normalized spacial score (nSPS) is 16.7. The fourth-order valence-corrected chi connectivity index (χ4v) is 2.84. The molecule has 1 amide bonds. The second-order valence-electron chi connectivity index (χ2n) is 5.93. The van der Waals surface area contributed by atoms with Crippen LogP contribution < -0.4 is 9.64 Å². The number of hydrogen-bond donors (Lipinski definition) is 0. The molecule has 3 rings (SSSR count). The summed E-state index contributed by atoms with van der Waals surface area (Å²) in [6, 6.07) is 10.1. The van der Waals surface area contributed by atoms with Gasteiger partial charge in [-0.3, -0.25) is 9.59 Å². The van der Waals surface area contributed by atoms with Gasteiger partial charge in [-0.05, 0) is 29.8 Å². The molecular weight excluding hydrogens is 344 g/mol. The summed E-state index contributed by atoms with van der Waals surface area (Å²) in [4.78, 5) is 25.6. The van der Waals surface area contributed by atoms with Crippen molar-refractivity contribution < 1.29 is 27.8 Å². The van der Waals surface area contributed by atoms with Crippen LogP contribution in [0.2, 0.25) is 0 Å². The molecule has 2 aromatic rings. The maximum atomic E-state index is 13.9. The number of carbonyl (C=O) groups is 2. The lowest BCUT2D eigenvalue weighted by atomic mass is 10.1. The summed E-state index contributed by atoms with van der Waals surface area (Å²) < 4.78 is 37.5. The Hall–Kier alpha value is -2.96. The second-order valence-corrected chi connectivity index (χ2v) is 5.93. The highest BCUT2D eigenvalue weighted by Gasteiger charge is 2.37. The highest BCUT2D eigenvalue weighted by Crippen LogP contribution is 2.28. The number of rotatable bonds is 5. The molecule has 7 heteroatoms. The van der Waals surface area contributed by atoms with E-state index in [-0.39, 0.29) is 36.9 Å². The molecule has 1 atom stereocenters. The van der Waals surface area contributed by atoms with Gasteiger partial charge in [-0.15, -0.1) is 0 Å². The van der Waals surface area contributed by atoms with Gasteiger partial charge in [0.2, 0.25) is 5.91 Å². The standard InChI is InChI=1S/C19H17F2NO4/c1-25-17-7-6-12(8-15(17)21)11-26-19(24)13-9-18(23)22(10-13)16-5-3-2-4-14(16)20/h2-8,13H,9-11H2,1H3/t13-/m1/s1. The molecule has 2 aromatic carbocycles. The van der Waals surface area contributed by atoms with Crippen LogP contribution in [0, 0.1) is 17.6 Å². The summed E-state index contributed by atoms with van der Waals surface area (Å²) in [5, 5.41) is 0. The number of halogens is 2. The van der Waals surface area contributed by atoms with Gasteiger partial charge in [0.15, 0.2) is 11.6 Å². The lowest BCUT2D eigenvalue weighted by molar-refractivity contribution is -0.149. The van der Waals surface area contributed by atoms with E-state index in [2.05, 4.69) is 0 Å². The first-order valence-corrected chi connectivity index (χ1v) is 8.03. The zero-order valence-corrected chi connectivity index (χ0v) is 14.1. The Morgan fingerprint density at radius 2 is 1.96 bits per heavy atom. The summed E-state index contributed by atoms with van der Waals surface area (Å²) in [6.07, 6.45) is -0.0514. The monoisotopic (exact) mass is 361 g/mol. The Balaban J connectivity index is 1.62. The molecule has 0 N–H and O–H groups in total. The van der Waals surface area contributed by atoms with Crippen LogP contribution in [-0.4, -0.2) is 25.5 Å². The molecule has 0 bridgehead atoms. The Morgan fingerprint density at radius 3 is 2.65 bits per heavy atom. The molecule has 136 valence electrons. The summed E-state index contributed by atoms with van der Waals surface area (Å²) >= 11 is 0. The zero-order chi connectivity index (χ0) is 18.7. The van der Waals surface area contributed by atoms with Crippen LogP contribution in [0.4, 0.5) is 14.5 Å². The third-order valence-corrected chi connectivity index (χ3v) is 4.20. The fraction of sp³-hybridized carbons (Fsp3) is 0.263. The van der Waals surface area contributed by atoms with Crippen molar-refractivity contribution in [2.45, 2.75) is 13.0 Å². The van der Waals surface area contributed by atoms with Crippen LogP contribution in [0.15, 0.2) is 42.5 Å². The Bertz CT molecular complexity index is 840. The van der Waals surface area contributed by atoms with Gasteiger partial charge < -0.3 is 14.4 Å². The number of methoxy groups -OCH3 is 1. The zero-order valence-electron chi connectivity index (χ0n) is 14.1. The smallest absolute Gasteiger partial charge is 0.311 e. The van der Waals surface area contributed by atoms with E-state index < -0.39 is 23.5 Å². The Kier molecular flexibility index (Phi) is 5.16. The third kappa shape index (κ3) is 3.66. The third-order valence-electron chi connectivity index (χ3n) is 4.20. The van der Waals surface area contributed by atoms with Gasteiger partial charge in [-0.2, -0.15) is 0 Å². The number of hydrogen-bond acceptors (Lipinski definition) is 4. The first kappa shape index (κ1) is 17.8. The van der Waals surface area contributed by atoms with Crippen molar-refractivity contribution in [1.82, 2.24) is 0 Å². The van der Waals surface area contributed by atoms with Crippen molar-refractivity contribution in [2.24, 2.45) is 5.92 Å². The molecular formula is C19H17F2NO4. The van der Waals surface area contributed by atoms with Crippen molar-refractivity contribution in [3.8, 4) is 5.75 Å². The summed E-state index contributed by atoms with van der Waals surface area (Å²) in [5.41, 5.74) is 0.608. The van der Waals surface area contributed by atoms with Crippen LogP contribution in [0.3, 0.4) is 0 Å². The Morgan fingerprint density at radius 1 is 1.19 bits per heavy atom. The molecule has 5 nitrogen and oxygen atoms in total. The SMILES string of the molecule is COc1ccc(COC(=O)[C@@H]2CC(=O)N(c3ccccc3F)C2)cc1F. The molecule has 26 heavy (non-hydrogen) atoms. The molecule has 0 spiro atoms. The number of nitrogens with zero attached hydrogens (tertiary/aromatic N) is 1. The Labute approximate surface area is 149 Å². The van der Waals surface area contributed by atoms with Crippen LogP contribution in [0.25, 0.3) is 0 Å². The van der Waals surface area contributed by atoms with Gasteiger partial charge in [0.25, 0.3) is 0 Å². The summed E-state index contributed by atoms with van der Waals surface area (Å²) in [6.45, 7) is -0.0697. The largest absolute Gasteiger partial charge is 0.494 e. The van der Waals surface area contributed by atoms with Gasteiger partial charge in [0.1, 0.15) is 12.4 Å². The highest BCUT2D eigenvalue weighted by molar-refractivity contribution is 5.99. The number of benzene rings is 2. The maximum absolute atomic E-state index is 13.9. The van der Waals surface area contributed by atoms with Crippen LogP contribution >= 0.6 is 0 Å². The predicted molar refractivity (Wildman–Crippen MR) is 89.6 cm³/mol. The molecule has 0 radical (unpaired) electrons. The molecule has 1 aliphatic heterocycles. The van der Waals surface area contributed by atoms with E-state index in [0.29, 0.717) is 5.56 Å². The molecule has 0 unspecified atom stereocenters. The van der Waals surface area contributed by atoms with Crippen molar-refractivity contribution in [2.75, 3.05) is 18.6 Å². The minimum absolute atomic E-state index is 0.0512. The summed E-state index contributed by atoms with van der Waals surface area (Å²) in [7, 11) is 1.36. The molecule has 1 aliphatic rings. The van der Waals surface area contributed by atoms with Crippen molar-refractivity contribution >= 4 is 17.6 Å². The van der Waals surface area contributed by atoms with Gasteiger partial charge in [-0.25, -0.2) is 8.78 Å².